The van der Waals surface area contributed by atoms with Crippen molar-refractivity contribution in [3.63, 3.8) is 0 Å². The van der Waals surface area contributed by atoms with Crippen LogP contribution in [0.2, 0.25) is 0 Å². The van der Waals surface area contributed by atoms with Crippen molar-refractivity contribution in [3.8, 4) is 0 Å². The van der Waals surface area contributed by atoms with E-state index in [0.717, 1.165) is 13.0 Å². The summed E-state index contributed by atoms with van der Waals surface area (Å²) in [5.74, 6) is 1.05. The molecule has 0 unspecified atom stereocenters. The van der Waals surface area contributed by atoms with Gasteiger partial charge in [-0.1, -0.05) is 20.3 Å². The van der Waals surface area contributed by atoms with Gasteiger partial charge in [0.15, 0.2) is 0 Å². The lowest BCUT2D eigenvalue weighted by molar-refractivity contribution is -0.122. The van der Waals surface area contributed by atoms with E-state index in [1.165, 1.54) is 0 Å². The highest BCUT2D eigenvalue weighted by molar-refractivity contribution is 5.80. The van der Waals surface area contributed by atoms with E-state index in [-0.39, 0.29) is 11.8 Å². The minimum Gasteiger partial charge on any atom is -0.356 e. The predicted molar refractivity (Wildman–Crippen MR) is 36.0 cm³/mol. The molecule has 0 bridgehead atoms. The van der Waals surface area contributed by atoms with Gasteiger partial charge >= 0.3 is 0 Å². The Morgan fingerprint density at radius 3 is 2.67 bits per heavy atom. The van der Waals surface area contributed by atoms with Crippen molar-refractivity contribution in [1.29, 1.82) is 0 Å². The second-order valence-corrected chi connectivity index (χ2v) is 2.70. The van der Waals surface area contributed by atoms with Crippen molar-refractivity contribution in [3.05, 3.63) is 0 Å². The second-order valence-electron chi connectivity index (χ2n) is 2.70. The molecule has 0 aromatic rings. The molecular formula is C7H13NO. The summed E-state index contributed by atoms with van der Waals surface area (Å²) in [6.45, 7) is 5.01. The summed E-state index contributed by atoms with van der Waals surface area (Å²) < 4.78 is 0. The van der Waals surface area contributed by atoms with Crippen LogP contribution in [0.25, 0.3) is 0 Å². The summed E-state index contributed by atoms with van der Waals surface area (Å²) in [5.41, 5.74) is 0. The number of hydrogen-bond donors (Lipinski definition) is 1. The molecule has 1 aliphatic heterocycles. The summed E-state index contributed by atoms with van der Waals surface area (Å²) in [6, 6.07) is 0. The molecule has 1 amide bonds. The number of carbonyl (C=O) groups excluding carboxylic acids is 1. The fraction of sp³-hybridized carbons (Fsp3) is 0.857. The van der Waals surface area contributed by atoms with Gasteiger partial charge < -0.3 is 5.32 Å². The van der Waals surface area contributed by atoms with Gasteiger partial charge in [0.05, 0.1) is 0 Å². The largest absolute Gasteiger partial charge is 0.356 e. The van der Waals surface area contributed by atoms with Crippen molar-refractivity contribution < 1.29 is 4.79 Å². The first-order valence-electron chi connectivity index (χ1n) is 3.53. The van der Waals surface area contributed by atoms with Crippen LogP contribution >= 0.6 is 0 Å². The highest BCUT2D eigenvalue weighted by Gasteiger charge is 2.28. The van der Waals surface area contributed by atoms with Crippen LogP contribution in [-0.4, -0.2) is 12.5 Å². The first-order valence-corrected chi connectivity index (χ1v) is 3.53. The third-order valence-electron chi connectivity index (χ3n) is 2.18. The minimum atomic E-state index is 0.224. The third kappa shape index (κ3) is 1.07. The van der Waals surface area contributed by atoms with Crippen LogP contribution in [0.3, 0.4) is 0 Å². The van der Waals surface area contributed by atoms with Crippen molar-refractivity contribution in [1.82, 2.24) is 5.32 Å². The highest BCUT2D eigenvalue weighted by Crippen LogP contribution is 2.19. The number of amides is 1. The first-order chi connectivity index (χ1) is 4.25. The Morgan fingerprint density at radius 1 is 1.78 bits per heavy atom. The molecular weight excluding hydrogens is 114 g/mol. The third-order valence-corrected chi connectivity index (χ3v) is 2.18. The summed E-state index contributed by atoms with van der Waals surface area (Å²) in [4.78, 5) is 10.8. The lowest BCUT2D eigenvalue weighted by atomic mass is 9.95. The summed E-state index contributed by atoms with van der Waals surface area (Å²) in [6.07, 6.45) is 1.11. The van der Waals surface area contributed by atoms with Gasteiger partial charge in [0.2, 0.25) is 5.91 Å². The van der Waals surface area contributed by atoms with Crippen LogP contribution in [0.5, 0.6) is 0 Å². The zero-order chi connectivity index (χ0) is 6.85. The Morgan fingerprint density at radius 2 is 2.44 bits per heavy atom. The van der Waals surface area contributed by atoms with E-state index < -0.39 is 0 Å². The molecule has 0 spiro atoms. The molecule has 2 nitrogen and oxygen atoms in total. The number of hydrogen-bond acceptors (Lipinski definition) is 1. The molecule has 1 fully saturated rings. The molecule has 2 heteroatoms. The maximum absolute atomic E-state index is 10.8. The second kappa shape index (κ2) is 2.38. The van der Waals surface area contributed by atoms with Gasteiger partial charge in [0, 0.05) is 12.5 Å². The Labute approximate surface area is 55.6 Å². The van der Waals surface area contributed by atoms with E-state index in [1.54, 1.807) is 0 Å². The van der Waals surface area contributed by atoms with Gasteiger partial charge in [-0.3, -0.25) is 4.79 Å². The van der Waals surface area contributed by atoms with Crippen LogP contribution in [0.4, 0.5) is 0 Å². The summed E-state index contributed by atoms with van der Waals surface area (Å²) in [5, 5.41) is 2.83. The highest BCUT2D eigenvalue weighted by atomic mass is 16.2. The molecule has 0 saturated carbocycles. The molecule has 1 saturated heterocycles. The fourth-order valence-electron chi connectivity index (χ4n) is 1.28. The van der Waals surface area contributed by atoms with E-state index in [0.29, 0.717) is 5.92 Å². The predicted octanol–water partition coefficient (Wildman–Crippen LogP) is 0.778. The van der Waals surface area contributed by atoms with E-state index in [9.17, 15) is 4.79 Å². The molecule has 0 aromatic heterocycles. The monoisotopic (exact) mass is 127 g/mol. The normalized spacial score (nSPS) is 34.7. The Hall–Kier alpha value is -0.530. The summed E-state index contributed by atoms with van der Waals surface area (Å²) >= 11 is 0. The molecule has 9 heavy (non-hydrogen) atoms. The molecule has 1 aliphatic rings. The first kappa shape index (κ1) is 6.59. The summed E-state index contributed by atoms with van der Waals surface area (Å²) in [7, 11) is 0. The number of nitrogens with one attached hydrogen (secondary N) is 1. The zero-order valence-electron chi connectivity index (χ0n) is 5.98. The van der Waals surface area contributed by atoms with E-state index in [2.05, 4.69) is 12.2 Å². The quantitative estimate of drug-likeness (QED) is 0.554. The topological polar surface area (TPSA) is 29.1 Å². The van der Waals surface area contributed by atoms with Crippen LogP contribution in [-0.2, 0) is 4.79 Å². The van der Waals surface area contributed by atoms with Gasteiger partial charge in [-0.15, -0.1) is 0 Å². The van der Waals surface area contributed by atoms with E-state index in [4.69, 9.17) is 0 Å². The molecule has 0 aliphatic carbocycles. The van der Waals surface area contributed by atoms with Crippen molar-refractivity contribution in [2.75, 3.05) is 6.54 Å². The standard InChI is InChI=1S/C7H13NO/c1-3-6-4-8-7(9)5(6)2/h5-6H,3-4H2,1-2H3,(H,8,9)/t5-,6-/m1/s1. The van der Waals surface area contributed by atoms with E-state index in [1.807, 2.05) is 6.92 Å². The number of rotatable bonds is 1. The van der Waals surface area contributed by atoms with Gasteiger partial charge in [0.25, 0.3) is 0 Å². The van der Waals surface area contributed by atoms with Crippen LogP contribution in [0.1, 0.15) is 20.3 Å². The lowest BCUT2D eigenvalue weighted by Gasteiger charge is -2.06. The minimum absolute atomic E-state index is 0.224. The van der Waals surface area contributed by atoms with Crippen LogP contribution < -0.4 is 5.32 Å². The van der Waals surface area contributed by atoms with Crippen LogP contribution in [0, 0.1) is 11.8 Å². The molecule has 1 N–H and O–H groups in total. The molecule has 0 aromatic carbocycles. The van der Waals surface area contributed by atoms with Crippen molar-refractivity contribution in [2.45, 2.75) is 20.3 Å². The van der Waals surface area contributed by atoms with Gasteiger partial charge in [0.1, 0.15) is 0 Å². The maximum atomic E-state index is 10.8. The average Bonchev–Trinajstić information content (AvgIpc) is 2.15. The smallest absolute Gasteiger partial charge is 0.223 e. The SMILES string of the molecule is CC[C@@H]1CNC(=O)[C@@H]1C. The molecule has 0 radical (unpaired) electrons. The maximum Gasteiger partial charge on any atom is 0.223 e. The molecule has 2 atom stereocenters. The van der Waals surface area contributed by atoms with Crippen LogP contribution in [0.15, 0.2) is 0 Å². The Bertz CT molecular complexity index is 122. The van der Waals surface area contributed by atoms with Crippen molar-refractivity contribution >= 4 is 5.91 Å². The zero-order valence-corrected chi connectivity index (χ0v) is 5.98. The van der Waals surface area contributed by atoms with Gasteiger partial charge in [-0.2, -0.15) is 0 Å². The number of carbonyl (C=O) groups is 1. The molecule has 1 heterocycles. The fourth-order valence-corrected chi connectivity index (χ4v) is 1.28. The lowest BCUT2D eigenvalue weighted by Crippen LogP contribution is -2.16. The molecule has 52 valence electrons. The van der Waals surface area contributed by atoms with Gasteiger partial charge in [-0.05, 0) is 5.92 Å². The van der Waals surface area contributed by atoms with Crippen molar-refractivity contribution in [2.24, 2.45) is 11.8 Å². The Balaban J connectivity index is 2.51. The van der Waals surface area contributed by atoms with E-state index >= 15 is 0 Å². The molecule has 1 rings (SSSR count). The van der Waals surface area contributed by atoms with Gasteiger partial charge in [-0.25, -0.2) is 0 Å². The Kier molecular flexibility index (Phi) is 1.74. The average molecular weight is 127 g/mol.